The minimum Gasteiger partial charge on any atom is -0.367 e. The van der Waals surface area contributed by atoms with Gasteiger partial charge in [-0.15, -0.1) is 0 Å². The number of aliphatic hydroxyl groups excluding tert-OH is 1. The summed E-state index contributed by atoms with van der Waals surface area (Å²) in [6.07, 6.45) is 0.319. The Morgan fingerprint density at radius 1 is 1.50 bits per heavy atom. The first-order chi connectivity index (χ1) is 4.66. The van der Waals surface area contributed by atoms with E-state index in [0.717, 1.165) is 6.42 Å². The molecule has 1 N–H and O–H groups in total. The van der Waals surface area contributed by atoms with Crippen molar-refractivity contribution in [3.05, 3.63) is 0 Å². The van der Waals surface area contributed by atoms with Crippen molar-refractivity contribution < 1.29 is 9.84 Å². The maximum Gasteiger partial charge on any atom is 0.167 e. The van der Waals surface area contributed by atoms with Gasteiger partial charge in [0, 0.05) is 13.2 Å². The molecule has 10 heavy (non-hydrogen) atoms. The summed E-state index contributed by atoms with van der Waals surface area (Å²) < 4.78 is 5.02. The molecule has 0 amide bonds. The fraction of sp³-hybridized carbons (Fsp3) is 1.00. The third-order valence-electron chi connectivity index (χ3n) is 1.04. The number of rotatable bonds is 5. The molecule has 1 atom stereocenters. The van der Waals surface area contributed by atoms with Crippen LogP contribution in [0.3, 0.4) is 0 Å². The molecule has 3 nitrogen and oxygen atoms in total. The van der Waals surface area contributed by atoms with E-state index >= 15 is 0 Å². The Bertz CT molecular complexity index is 76.0. The second kappa shape index (κ2) is 5.65. The van der Waals surface area contributed by atoms with Gasteiger partial charge in [0.2, 0.25) is 0 Å². The minimum absolute atomic E-state index is 0.569. The Hall–Kier alpha value is -0.120. The van der Waals surface area contributed by atoms with Crippen molar-refractivity contribution in [2.45, 2.75) is 19.6 Å². The number of hydrogen-bond acceptors (Lipinski definition) is 3. The molecular formula is C7H17NO2. The molecule has 1 unspecified atom stereocenters. The number of ether oxygens (including phenoxy) is 1. The van der Waals surface area contributed by atoms with E-state index in [0.29, 0.717) is 13.2 Å². The zero-order valence-electron chi connectivity index (χ0n) is 7.00. The molecule has 62 valence electrons. The highest BCUT2D eigenvalue weighted by Crippen LogP contribution is 1.90. The first kappa shape index (κ1) is 9.88. The van der Waals surface area contributed by atoms with Crippen LogP contribution in [0.25, 0.3) is 0 Å². The summed E-state index contributed by atoms with van der Waals surface area (Å²) in [7, 11) is 3.80. The van der Waals surface area contributed by atoms with Gasteiger partial charge in [-0.1, -0.05) is 6.92 Å². The summed E-state index contributed by atoms with van der Waals surface area (Å²) >= 11 is 0. The Labute approximate surface area is 62.6 Å². The van der Waals surface area contributed by atoms with Crippen molar-refractivity contribution in [2.75, 3.05) is 27.2 Å². The lowest BCUT2D eigenvalue weighted by Crippen LogP contribution is -2.28. The number of nitrogens with zero attached hydrogens (tertiary/aromatic N) is 1. The molecule has 0 fully saturated rings. The van der Waals surface area contributed by atoms with Crippen molar-refractivity contribution in [3.63, 3.8) is 0 Å². The summed E-state index contributed by atoms with van der Waals surface area (Å²) in [4.78, 5) is 1.89. The van der Waals surface area contributed by atoms with Crippen molar-refractivity contribution in [2.24, 2.45) is 0 Å². The van der Waals surface area contributed by atoms with Crippen LogP contribution in [0.1, 0.15) is 13.3 Å². The van der Waals surface area contributed by atoms with Gasteiger partial charge in [-0.05, 0) is 20.5 Å². The third kappa shape index (κ3) is 6.01. The number of likely N-dealkylation sites (N-methyl/N-ethyl adjacent to an activating group) is 1. The average Bonchev–Trinajstić information content (AvgIpc) is 1.82. The molecule has 0 aromatic heterocycles. The average molecular weight is 147 g/mol. The minimum atomic E-state index is -0.630. The zero-order valence-corrected chi connectivity index (χ0v) is 7.00. The van der Waals surface area contributed by atoms with Gasteiger partial charge < -0.3 is 14.7 Å². The quantitative estimate of drug-likeness (QED) is 0.567. The van der Waals surface area contributed by atoms with Crippen LogP contribution in [0.15, 0.2) is 0 Å². The second-order valence-electron chi connectivity index (χ2n) is 2.59. The molecule has 3 heteroatoms. The Morgan fingerprint density at radius 3 is 2.50 bits per heavy atom. The van der Waals surface area contributed by atoms with Gasteiger partial charge in [0.1, 0.15) is 0 Å². The molecule has 0 bridgehead atoms. The van der Waals surface area contributed by atoms with Crippen LogP contribution in [0.2, 0.25) is 0 Å². The molecule has 0 saturated carbocycles. The first-order valence-electron chi connectivity index (χ1n) is 3.61. The predicted octanol–water partition coefficient (Wildman–Crippen LogP) is 0.293. The van der Waals surface area contributed by atoms with Crippen LogP contribution in [0.5, 0.6) is 0 Å². The van der Waals surface area contributed by atoms with Crippen molar-refractivity contribution in [1.29, 1.82) is 0 Å². The van der Waals surface area contributed by atoms with Gasteiger partial charge in [0.15, 0.2) is 6.29 Å². The molecule has 0 radical (unpaired) electrons. The normalized spacial score (nSPS) is 14.1. The molecule has 0 heterocycles. The highest BCUT2D eigenvalue weighted by Gasteiger charge is 2.02. The molecule has 0 saturated heterocycles. The second-order valence-corrected chi connectivity index (χ2v) is 2.59. The fourth-order valence-corrected chi connectivity index (χ4v) is 0.619. The fourth-order valence-electron chi connectivity index (χ4n) is 0.619. The lowest BCUT2D eigenvalue weighted by atomic mass is 10.5. The van der Waals surface area contributed by atoms with Crippen LogP contribution in [0.4, 0.5) is 0 Å². The van der Waals surface area contributed by atoms with Gasteiger partial charge in [-0.3, -0.25) is 0 Å². The molecule has 0 aromatic rings. The van der Waals surface area contributed by atoms with Crippen LogP contribution in [0, 0.1) is 0 Å². The molecular weight excluding hydrogens is 130 g/mol. The predicted molar refractivity (Wildman–Crippen MR) is 40.8 cm³/mol. The van der Waals surface area contributed by atoms with E-state index in [1.165, 1.54) is 0 Å². The highest BCUT2D eigenvalue weighted by atomic mass is 16.6. The third-order valence-corrected chi connectivity index (χ3v) is 1.04. The molecule has 0 rings (SSSR count). The summed E-state index contributed by atoms with van der Waals surface area (Å²) in [6, 6.07) is 0. The topological polar surface area (TPSA) is 32.7 Å². The van der Waals surface area contributed by atoms with Gasteiger partial charge >= 0.3 is 0 Å². The van der Waals surface area contributed by atoms with E-state index < -0.39 is 6.29 Å². The molecule has 0 aliphatic carbocycles. The van der Waals surface area contributed by atoms with Crippen LogP contribution < -0.4 is 0 Å². The van der Waals surface area contributed by atoms with Gasteiger partial charge in [0.05, 0.1) is 0 Å². The zero-order chi connectivity index (χ0) is 7.98. The maximum atomic E-state index is 9.09. The Balaban J connectivity index is 3.16. The monoisotopic (exact) mass is 147 g/mol. The van der Waals surface area contributed by atoms with Crippen LogP contribution in [-0.4, -0.2) is 43.5 Å². The lowest BCUT2D eigenvalue weighted by Gasteiger charge is -2.15. The highest BCUT2D eigenvalue weighted by molar-refractivity contribution is 4.45. The van der Waals surface area contributed by atoms with Crippen molar-refractivity contribution in [3.8, 4) is 0 Å². The van der Waals surface area contributed by atoms with Crippen LogP contribution in [-0.2, 0) is 4.74 Å². The Kier molecular flexibility index (Phi) is 5.58. The summed E-state index contributed by atoms with van der Waals surface area (Å²) in [5.74, 6) is 0. The maximum absolute atomic E-state index is 9.09. The van der Waals surface area contributed by atoms with E-state index in [2.05, 4.69) is 0 Å². The SMILES string of the molecule is CCCOC(O)CN(C)C. The van der Waals surface area contributed by atoms with E-state index in [1.54, 1.807) is 0 Å². The first-order valence-corrected chi connectivity index (χ1v) is 3.61. The van der Waals surface area contributed by atoms with E-state index in [-0.39, 0.29) is 0 Å². The largest absolute Gasteiger partial charge is 0.367 e. The summed E-state index contributed by atoms with van der Waals surface area (Å²) in [5, 5.41) is 9.09. The van der Waals surface area contributed by atoms with Crippen molar-refractivity contribution in [1.82, 2.24) is 4.90 Å². The van der Waals surface area contributed by atoms with E-state index in [4.69, 9.17) is 9.84 Å². The molecule has 0 aliphatic rings. The number of hydrogen-bond donors (Lipinski definition) is 1. The standard InChI is InChI=1S/C7H17NO2/c1-4-5-10-7(9)6-8(2)3/h7,9H,4-6H2,1-3H3. The molecule has 0 spiro atoms. The van der Waals surface area contributed by atoms with Crippen molar-refractivity contribution >= 4 is 0 Å². The van der Waals surface area contributed by atoms with E-state index in [9.17, 15) is 0 Å². The van der Waals surface area contributed by atoms with Gasteiger partial charge in [0.25, 0.3) is 0 Å². The molecule has 0 aliphatic heterocycles. The summed E-state index contributed by atoms with van der Waals surface area (Å²) in [5.41, 5.74) is 0. The lowest BCUT2D eigenvalue weighted by molar-refractivity contribution is -0.108. The van der Waals surface area contributed by atoms with Gasteiger partial charge in [-0.25, -0.2) is 0 Å². The summed E-state index contributed by atoms with van der Waals surface area (Å²) in [6.45, 7) is 3.22. The molecule has 0 aromatic carbocycles. The number of aliphatic hydroxyl groups is 1. The van der Waals surface area contributed by atoms with Gasteiger partial charge in [-0.2, -0.15) is 0 Å². The smallest absolute Gasteiger partial charge is 0.167 e. The van der Waals surface area contributed by atoms with Crippen LogP contribution >= 0.6 is 0 Å². The van der Waals surface area contributed by atoms with E-state index in [1.807, 2.05) is 25.9 Å². The Morgan fingerprint density at radius 2 is 2.10 bits per heavy atom.